The molecule has 0 saturated carbocycles. The van der Waals surface area contributed by atoms with Crippen LogP contribution >= 0.6 is 0 Å². The third kappa shape index (κ3) is 5.27. The molecule has 8 nitrogen and oxygen atoms in total. The minimum atomic E-state index is -0.427. The van der Waals surface area contributed by atoms with E-state index in [-0.39, 0.29) is 12.3 Å². The summed E-state index contributed by atoms with van der Waals surface area (Å²) in [6, 6.07) is 9.86. The van der Waals surface area contributed by atoms with Crippen LogP contribution in [0, 0.1) is 0 Å². The fraction of sp³-hybridized carbons (Fsp3) is 0.263. The second-order valence-electron chi connectivity index (χ2n) is 5.54. The SMILES string of the molecule is CNC(=O)Cc1ccc(NC(=O)Nc2cc(OC)c(OC)c(OC)c2)cc1. The maximum atomic E-state index is 12.2. The number of hydrogen-bond acceptors (Lipinski definition) is 5. The molecule has 0 spiro atoms. The van der Waals surface area contributed by atoms with Gasteiger partial charge in [-0.3, -0.25) is 4.79 Å². The molecular weight excluding hydrogens is 350 g/mol. The lowest BCUT2D eigenvalue weighted by Crippen LogP contribution is -2.20. The van der Waals surface area contributed by atoms with Crippen molar-refractivity contribution in [2.75, 3.05) is 39.0 Å². The Morgan fingerprint density at radius 1 is 0.852 bits per heavy atom. The highest BCUT2D eigenvalue weighted by Crippen LogP contribution is 2.39. The summed E-state index contributed by atoms with van der Waals surface area (Å²) in [5, 5.41) is 8.01. The van der Waals surface area contributed by atoms with Crippen molar-refractivity contribution < 1.29 is 23.8 Å². The Balaban J connectivity index is 2.06. The second-order valence-corrected chi connectivity index (χ2v) is 5.54. The molecule has 0 aliphatic carbocycles. The van der Waals surface area contributed by atoms with Gasteiger partial charge in [0, 0.05) is 24.9 Å². The van der Waals surface area contributed by atoms with Crippen molar-refractivity contribution in [1.82, 2.24) is 5.32 Å². The molecule has 2 aromatic rings. The molecule has 0 aliphatic rings. The fourth-order valence-corrected chi connectivity index (χ4v) is 2.43. The summed E-state index contributed by atoms with van der Waals surface area (Å²) in [6.07, 6.45) is 0.286. The van der Waals surface area contributed by atoms with Crippen LogP contribution in [0.25, 0.3) is 0 Å². The van der Waals surface area contributed by atoms with Crippen LogP contribution in [0.5, 0.6) is 17.2 Å². The summed E-state index contributed by atoms with van der Waals surface area (Å²) in [7, 11) is 6.10. The third-order valence-electron chi connectivity index (χ3n) is 3.78. The average Bonchev–Trinajstić information content (AvgIpc) is 2.68. The zero-order valence-electron chi connectivity index (χ0n) is 15.7. The normalized spacial score (nSPS) is 9.93. The molecule has 2 rings (SSSR count). The van der Waals surface area contributed by atoms with Crippen molar-refractivity contribution in [2.24, 2.45) is 0 Å². The van der Waals surface area contributed by atoms with Crippen LogP contribution < -0.4 is 30.2 Å². The first-order valence-electron chi connectivity index (χ1n) is 8.18. The maximum Gasteiger partial charge on any atom is 0.323 e. The van der Waals surface area contributed by atoms with E-state index in [4.69, 9.17) is 14.2 Å². The van der Waals surface area contributed by atoms with Gasteiger partial charge < -0.3 is 30.2 Å². The summed E-state index contributed by atoms with van der Waals surface area (Å²) in [5.74, 6) is 1.24. The molecular formula is C19H23N3O5. The Hall–Kier alpha value is -3.42. The van der Waals surface area contributed by atoms with Crippen LogP contribution in [0.1, 0.15) is 5.56 Å². The van der Waals surface area contributed by atoms with Gasteiger partial charge in [-0.05, 0) is 17.7 Å². The van der Waals surface area contributed by atoms with Crippen molar-refractivity contribution in [1.29, 1.82) is 0 Å². The van der Waals surface area contributed by atoms with Gasteiger partial charge in [0.2, 0.25) is 11.7 Å². The lowest BCUT2D eigenvalue weighted by atomic mass is 10.1. The lowest BCUT2D eigenvalue weighted by molar-refractivity contribution is -0.119. The highest BCUT2D eigenvalue weighted by molar-refractivity contribution is 6.00. The van der Waals surface area contributed by atoms with Crippen LogP contribution in [0.15, 0.2) is 36.4 Å². The molecule has 3 amide bonds. The minimum absolute atomic E-state index is 0.0733. The van der Waals surface area contributed by atoms with Gasteiger partial charge in [0.1, 0.15) is 0 Å². The molecule has 0 aromatic heterocycles. The first-order chi connectivity index (χ1) is 13.0. The standard InChI is InChI=1S/C19H23N3O5/c1-20-17(23)9-12-5-7-13(8-6-12)21-19(24)22-14-10-15(25-2)18(27-4)16(11-14)26-3/h5-8,10-11H,9H2,1-4H3,(H,20,23)(H2,21,22,24). The van der Waals surface area contributed by atoms with Crippen molar-refractivity contribution in [3.8, 4) is 17.2 Å². The predicted octanol–water partition coefficient (Wildman–Crippen LogP) is 2.64. The van der Waals surface area contributed by atoms with E-state index in [1.165, 1.54) is 21.3 Å². The average molecular weight is 373 g/mol. The smallest absolute Gasteiger partial charge is 0.323 e. The number of urea groups is 1. The number of rotatable bonds is 7. The lowest BCUT2D eigenvalue weighted by Gasteiger charge is -2.15. The van der Waals surface area contributed by atoms with Crippen molar-refractivity contribution in [2.45, 2.75) is 6.42 Å². The molecule has 0 atom stereocenters. The van der Waals surface area contributed by atoms with E-state index in [0.717, 1.165) is 5.56 Å². The predicted molar refractivity (Wildman–Crippen MR) is 103 cm³/mol. The molecule has 0 radical (unpaired) electrons. The number of benzene rings is 2. The van der Waals surface area contributed by atoms with Crippen molar-refractivity contribution in [3.05, 3.63) is 42.0 Å². The molecule has 0 aliphatic heterocycles. The minimum Gasteiger partial charge on any atom is -0.493 e. The van der Waals surface area contributed by atoms with E-state index in [1.807, 2.05) is 0 Å². The van der Waals surface area contributed by atoms with E-state index in [2.05, 4.69) is 16.0 Å². The quantitative estimate of drug-likeness (QED) is 0.693. The molecule has 27 heavy (non-hydrogen) atoms. The summed E-state index contributed by atoms with van der Waals surface area (Å²) in [4.78, 5) is 23.6. The van der Waals surface area contributed by atoms with Gasteiger partial charge in [0.05, 0.1) is 33.4 Å². The zero-order valence-corrected chi connectivity index (χ0v) is 15.7. The highest BCUT2D eigenvalue weighted by Gasteiger charge is 2.14. The summed E-state index contributed by atoms with van der Waals surface area (Å²) in [5.41, 5.74) is 1.93. The van der Waals surface area contributed by atoms with Crippen LogP contribution in [0.2, 0.25) is 0 Å². The number of ether oxygens (including phenoxy) is 3. The zero-order chi connectivity index (χ0) is 19.8. The Bertz CT molecular complexity index is 780. The molecule has 0 saturated heterocycles. The number of methoxy groups -OCH3 is 3. The number of carbonyl (C=O) groups is 2. The van der Waals surface area contributed by atoms with Gasteiger partial charge in [0.15, 0.2) is 11.5 Å². The maximum absolute atomic E-state index is 12.2. The van der Waals surface area contributed by atoms with Crippen LogP contribution in [-0.2, 0) is 11.2 Å². The van der Waals surface area contributed by atoms with Crippen molar-refractivity contribution in [3.63, 3.8) is 0 Å². The number of amides is 3. The van der Waals surface area contributed by atoms with Crippen LogP contribution in [0.4, 0.5) is 16.2 Å². The number of nitrogens with one attached hydrogen (secondary N) is 3. The topological polar surface area (TPSA) is 97.9 Å². The van der Waals surface area contributed by atoms with E-state index in [1.54, 1.807) is 43.4 Å². The highest BCUT2D eigenvalue weighted by atomic mass is 16.5. The van der Waals surface area contributed by atoms with E-state index in [9.17, 15) is 9.59 Å². The summed E-state index contributed by atoms with van der Waals surface area (Å²) < 4.78 is 15.8. The van der Waals surface area contributed by atoms with E-state index in [0.29, 0.717) is 28.6 Å². The molecule has 8 heteroatoms. The van der Waals surface area contributed by atoms with Gasteiger partial charge in [-0.1, -0.05) is 12.1 Å². The number of carbonyl (C=O) groups excluding carboxylic acids is 2. The Morgan fingerprint density at radius 3 is 1.89 bits per heavy atom. The van der Waals surface area contributed by atoms with Gasteiger partial charge in [0.25, 0.3) is 0 Å². The number of likely N-dealkylation sites (N-methyl/N-ethyl adjacent to an activating group) is 1. The first-order valence-corrected chi connectivity index (χ1v) is 8.18. The summed E-state index contributed by atoms with van der Waals surface area (Å²) in [6.45, 7) is 0. The molecule has 2 aromatic carbocycles. The van der Waals surface area contributed by atoms with Crippen molar-refractivity contribution >= 4 is 23.3 Å². The first kappa shape index (κ1) is 19.9. The Kier molecular flexibility index (Phi) is 6.87. The van der Waals surface area contributed by atoms with E-state index >= 15 is 0 Å². The summed E-state index contributed by atoms with van der Waals surface area (Å²) >= 11 is 0. The van der Waals surface area contributed by atoms with Gasteiger partial charge in [-0.15, -0.1) is 0 Å². The molecule has 0 fully saturated rings. The van der Waals surface area contributed by atoms with E-state index < -0.39 is 6.03 Å². The second kappa shape index (κ2) is 9.33. The molecule has 0 unspecified atom stereocenters. The van der Waals surface area contributed by atoms with Gasteiger partial charge >= 0.3 is 6.03 Å². The Morgan fingerprint density at radius 2 is 1.41 bits per heavy atom. The van der Waals surface area contributed by atoms with Gasteiger partial charge in [-0.2, -0.15) is 0 Å². The molecule has 0 heterocycles. The molecule has 144 valence electrons. The van der Waals surface area contributed by atoms with Crippen LogP contribution in [0.3, 0.4) is 0 Å². The van der Waals surface area contributed by atoms with Gasteiger partial charge in [-0.25, -0.2) is 4.79 Å². The molecule has 0 bridgehead atoms. The third-order valence-corrected chi connectivity index (χ3v) is 3.78. The monoisotopic (exact) mass is 373 g/mol. The fourth-order valence-electron chi connectivity index (χ4n) is 2.43. The Labute approximate surface area is 157 Å². The van der Waals surface area contributed by atoms with Crippen LogP contribution in [-0.4, -0.2) is 40.3 Å². The molecule has 3 N–H and O–H groups in total. The largest absolute Gasteiger partial charge is 0.493 e. The number of hydrogen-bond donors (Lipinski definition) is 3. The number of anilines is 2.